The Kier molecular flexibility index (Phi) is 3.44. The quantitative estimate of drug-likeness (QED) is 0.830. The molecular formula is C13H21N3. The largest absolute Gasteiger partial charge is 0.327 e. The maximum absolute atomic E-state index is 5.99. The second-order valence-corrected chi connectivity index (χ2v) is 4.69. The highest BCUT2D eigenvalue weighted by molar-refractivity contribution is 5.50. The van der Waals surface area contributed by atoms with E-state index in [0.717, 1.165) is 18.7 Å². The van der Waals surface area contributed by atoms with E-state index in [1.807, 2.05) is 6.92 Å². The van der Waals surface area contributed by atoms with Gasteiger partial charge in [-0.05, 0) is 51.7 Å². The Morgan fingerprint density at radius 1 is 1.62 bits per heavy atom. The Hall–Kier alpha value is -1.09. The van der Waals surface area contributed by atoms with Gasteiger partial charge in [0.25, 0.3) is 0 Å². The zero-order valence-corrected chi connectivity index (χ0v) is 10.2. The lowest BCUT2D eigenvalue weighted by molar-refractivity contribution is 0.519. The van der Waals surface area contributed by atoms with Crippen molar-refractivity contribution in [3.63, 3.8) is 0 Å². The van der Waals surface area contributed by atoms with E-state index in [2.05, 4.69) is 28.8 Å². The average molecular weight is 219 g/mol. The number of hydrogen-bond donors (Lipinski definition) is 1. The Bertz CT molecular complexity index is 390. The van der Waals surface area contributed by atoms with E-state index in [1.54, 1.807) is 0 Å². The summed E-state index contributed by atoms with van der Waals surface area (Å²) in [4.78, 5) is 0. The van der Waals surface area contributed by atoms with Crippen LogP contribution in [-0.2, 0) is 6.54 Å². The maximum atomic E-state index is 5.99. The van der Waals surface area contributed by atoms with Crippen LogP contribution >= 0.6 is 0 Å². The molecule has 1 aromatic rings. The van der Waals surface area contributed by atoms with Crippen LogP contribution in [0.5, 0.6) is 0 Å². The van der Waals surface area contributed by atoms with Crippen molar-refractivity contribution in [2.24, 2.45) is 5.73 Å². The van der Waals surface area contributed by atoms with Gasteiger partial charge in [0.2, 0.25) is 0 Å². The molecule has 2 rings (SSSR count). The van der Waals surface area contributed by atoms with Crippen molar-refractivity contribution in [1.29, 1.82) is 0 Å². The highest BCUT2D eigenvalue weighted by Gasteiger charge is 2.13. The molecule has 3 heteroatoms. The second-order valence-electron chi connectivity index (χ2n) is 4.69. The van der Waals surface area contributed by atoms with Gasteiger partial charge >= 0.3 is 0 Å². The molecule has 1 heterocycles. The molecule has 88 valence electrons. The van der Waals surface area contributed by atoms with Crippen molar-refractivity contribution < 1.29 is 0 Å². The fourth-order valence-electron chi connectivity index (χ4n) is 2.41. The van der Waals surface area contributed by atoms with Gasteiger partial charge < -0.3 is 5.73 Å². The maximum Gasteiger partial charge on any atom is 0.0612 e. The first-order chi connectivity index (χ1) is 7.69. The number of nitrogens with two attached hydrogens (primary N) is 1. The lowest BCUT2D eigenvalue weighted by atomic mass is 9.90. The van der Waals surface area contributed by atoms with Gasteiger partial charge in [-0.2, -0.15) is 5.10 Å². The van der Waals surface area contributed by atoms with Crippen LogP contribution in [0.3, 0.4) is 0 Å². The summed E-state index contributed by atoms with van der Waals surface area (Å²) >= 11 is 0. The summed E-state index contributed by atoms with van der Waals surface area (Å²) in [5.74, 6) is 0. The van der Waals surface area contributed by atoms with E-state index in [0.29, 0.717) is 6.04 Å². The summed E-state index contributed by atoms with van der Waals surface area (Å²) in [5, 5.41) is 4.45. The van der Waals surface area contributed by atoms with Crippen LogP contribution < -0.4 is 5.73 Å². The highest BCUT2D eigenvalue weighted by atomic mass is 15.3. The van der Waals surface area contributed by atoms with Gasteiger partial charge in [-0.25, -0.2) is 0 Å². The monoisotopic (exact) mass is 219 g/mol. The minimum absolute atomic E-state index is 0.360. The third-order valence-corrected chi connectivity index (χ3v) is 3.18. The SMILES string of the molecule is CCn1nc(C)cc1C=C1CCCC(N)C1. The number of rotatable bonds is 2. The van der Waals surface area contributed by atoms with Crippen molar-refractivity contribution in [2.75, 3.05) is 0 Å². The molecule has 2 N–H and O–H groups in total. The molecule has 1 aliphatic carbocycles. The summed E-state index contributed by atoms with van der Waals surface area (Å²) in [7, 11) is 0. The Morgan fingerprint density at radius 3 is 3.12 bits per heavy atom. The van der Waals surface area contributed by atoms with Gasteiger partial charge in [0.05, 0.1) is 11.4 Å². The topological polar surface area (TPSA) is 43.8 Å². The molecule has 0 amide bonds. The third-order valence-electron chi connectivity index (χ3n) is 3.18. The fraction of sp³-hybridized carbons (Fsp3) is 0.615. The normalized spacial score (nSPS) is 23.9. The number of aryl methyl sites for hydroxylation is 2. The molecule has 0 aromatic carbocycles. The molecule has 0 radical (unpaired) electrons. The molecule has 1 unspecified atom stereocenters. The van der Waals surface area contributed by atoms with E-state index < -0.39 is 0 Å². The van der Waals surface area contributed by atoms with Crippen LogP contribution in [0.25, 0.3) is 6.08 Å². The molecule has 1 aromatic heterocycles. The van der Waals surface area contributed by atoms with Crippen molar-refractivity contribution >= 4 is 6.08 Å². The average Bonchev–Trinajstić information content (AvgIpc) is 2.59. The van der Waals surface area contributed by atoms with Crippen LogP contribution in [0, 0.1) is 6.92 Å². The minimum atomic E-state index is 0.360. The minimum Gasteiger partial charge on any atom is -0.327 e. The molecule has 0 saturated heterocycles. The first-order valence-electron chi connectivity index (χ1n) is 6.18. The van der Waals surface area contributed by atoms with E-state index in [-0.39, 0.29) is 0 Å². The van der Waals surface area contributed by atoms with Gasteiger partial charge in [0, 0.05) is 12.6 Å². The van der Waals surface area contributed by atoms with Gasteiger partial charge in [-0.1, -0.05) is 5.57 Å². The van der Waals surface area contributed by atoms with Gasteiger partial charge in [0.15, 0.2) is 0 Å². The summed E-state index contributed by atoms with van der Waals surface area (Å²) in [6.45, 7) is 5.10. The molecule has 1 atom stereocenters. The van der Waals surface area contributed by atoms with Crippen molar-refractivity contribution in [3.8, 4) is 0 Å². The number of aromatic nitrogens is 2. The van der Waals surface area contributed by atoms with Gasteiger partial charge in [-0.3, -0.25) is 4.68 Å². The number of nitrogens with zero attached hydrogens (tertiary/aromatic N) is 2. The van der Waals surface area contributed by atoms with E-state index in [9.17, 15) is 0 Å². The molecular weight excluding hydrogens is 198 g/mol. The Labute approximate surface area is 97.3 Å². The van der Waals surface area contributed by atoms with Crippen LogP contribution in [0.15, 0.2) is 11.6 Å². The predicted molar refractivity (Wildman–Crippen MR) is 67.1 cm³/mol. The first kappa shape index (κ1) is 11.4. The van der Waals surface area contributed by atoms with Crippen molar-refractivity contribution in [3.05, 3.63) is 23.0 Å². The lowest BCUT2D eigenvalue weighted by Gasteiger charge is -2.20. The molecule has 1 saturated carbocycles. The summed E-state index contributed by atoms with van der Waals surface area (Å²) < 4.78 is 2.06. The molecule has 3 nitrogen and oxygen atoms in total. The zero-order valence-electron chi connectivity index (χ0n) is 10.2. The molecule has 1 aliphatic rings. The highest BCUT2D eigenvalue weighted by Crippen LogP contribution is 2.24. The van der Waals surface area contributed by atoms with Crippen molar-refractivity contribution in [2.45, 2.75) is 52.1 Å². The van der Waals surface area contributed by atoms with Crippen LogP contribution in [0.4, 0.5) is 0 Å². The van der Waals surface area contributed by atoms with Crippen LogP contribution in [0.1, 0.15) is 44.0 Å². The molecule has 16 heavy (non-hydrogen) atoms. The van der Waals surface area contributed by atoms with E-state index in [4.69, 9.17) is 5.73 Å². The Balaban J connectivity index is 2.20. The first-order valence-corrected chi connectivity index (χ1v) is 6.18. The summed E-state index contributed by atoms with van der Waals surface area (Å²) in [5.41, 5.74) is 9.79. The molecule has 1 fully saturated rings. The fourth-order valence-corrected chi connectivity index (χ4v) is 2.41. The third kappa shape index (κ3) is 2.53. The van der Waals surface area contributed by atoms with Crippen molar-refractivity contribution in [1.82, 2.24) is 9.78 Å². The Morgan fingerprint density at radius 2 is 2.44 bits per heavy atom. The molecule has 0 aliphatic heterocycles. The van der Waals surface area contributed by atoms with E-state index in [1.165, 1.54) is 30.5 Å². The van der Waals surface area contributed by atoms with Crippen LogP contribution in [-0.4, -0.2) is 15.8 Å². The lowest BCUT2D eigenvalue weighted by Crippen LogP contribution is -2.23. The predicted octanol–water partition coefficient (Wildman–Crippen LogP) is 2.50. The zero-order chi connectivity index (χ0) is 11.5. The molecule has 0 spiro atoms. The summed E-state index contributed by atoms with van der Waals surface area (Å²) in [6.07, 6.45) is 6.92. The smallest absolute Gasteiger partial charge is 0.0612 e. The van der Waals surface area contributed by atoms with Crippen LogP contribution in [0.2, 0.25) is 0 Å². The van der Waals surface area contributed by atoms with Gasteiger partial charge in [-0.15, -0.1) is 0 Å². The van der Waals surface area contributed by atoms with Gasteiger partial charge in [0.1, 0.15) is 0 Å². The number of hydrogen-bond acceptors (Lipinski definition) is 2. The second kappa shape index (κ2) is 4.83. The standard InChI is InChI=1S/C13H21N3/c1-3-16-13(7-10(2)15-16)9-11-5-4-6-12(14)8-11/h7,9,12H,3-6,8,14H2,1-2H3. The summed E-state index contributed by atoms with van der Waals surface area (Å²) in [6, 6.07) is 2.51. The molecule has 0 bridgehead atoms. The van der Waals surface area contributed by atoms with E-state index >= 15 is 0 Å².